The second-order valence-corrected chi connectivity index (χ2v) is 6.14. The summed E-state index contributed by atoms with van der Waals surface area (Å²) in [7, 11) is 0. The zero-order chi connectivity index (χ0) is 15.0. The average molecular weight is 346 g/mol. The summed E-state index contributed by atoms with van der Waals surface area (Å²) in [5, 5.41) is 6.24. The Kier molecular flexibility index (Phi) is 3.59. The Morgan fingerprint density at radius 1 is 1.19 bits per heavy atom. The molecule has 4 nitrogen and oxygen atoms in total. The highest BCUT2D eigenvalue weighted by molar-refractivity contribution is 9.10. The van der Waals surface area contributed by atoms with Crippen LogP contribution in [0.4, 0.5) is 22.7 Å². The Bertz CT molecular complexity index is 728. The number of amides is 1. The molecule has 0 spiro atoms. The summed E-state index contributed by atoms with van der Waals surface area (Å²) in [5.74, 6) is 0.0526. The van der Waals surface area contributed by atoms with Crippen molar-refractivity contribution in [1.82, 2.24) is 0 Å². The number of rotatable bonds is 2. The molecular weight excluding hydrogens is 330 g/mol. The number of nitrogens with one attached hydrogen (secondary N) is 2. The van der Waals surface area contributed by atoms with Gasteiger partial charge in [-0.3, -0.25) is 4.79 Å². The van der Waals surface area contributed by atoms with Crippen LogP contribution in [0.25, 0.3) is 0 Å². The Morgan fingerprint density at radius 3 is 2.81 bits per heavy atom. The van der Waals surface area contributed by atoms with Crippen molar-refractivity contribution in [2.75, 3.05) is 16.4 Å². The van der Waals surface area contributed by atoms with Crippen molar-refractivity contribution in [3.8, 4) is 0 Å². The molecule has 1 heterocycles. The van der Waals surface area contributed by atoms with Crippen molar-refractivity contribution in [1.29, 1.82) is 0 Å². The third-order valence-electron chi connectivity index (χ3n) is 3.64. The van der Waals surface area contributed by atoms with Crippen LogP contribution in [-0.4, -0.2) is 5.91 Å². The molecule has 108 valence electrons. The summed E-state index contributed by atoms with van der Waals surface area (Å²) >= 11 is 3.47. The maximum atomic E-state index is 11.5. The van der Waals surface area contributed by atoms with Crippen LogP contribution in [0.2, 0.25) is 0 Å². The highest BCUT2D eigenvalue weighted by Gasteiger charge is 2.17. The van der Waals surface area contributed by atoms with Crippen LogP contribution in [0, 0.1) is 6.92 Å². The Morgan fingerprint density at radius 2 is 2.00 bits per heavy atom. The molecule has 0 aliphatic carbocycles. The quantitative estimate of drug-likeness (QED) is 0.721. The molecule has 1 aliphatic heterocycles. The van der Waals surface area contributed by atoms with Crippen molar-refractivity contribution < 1.29 is 4.79 Å². The lowest BCUT2D eigenvalue weighted by Crippen LogP contribution is -2.19. The van der Waals surface area contributed by atoms with E-state index in [4.69, 9.17) is 5.73 Å². The number of aryl methyl sites for hydroxylation is 2. The summed E-state index contributed by atoms with van der Waals surface area (Å²) in [6, 6.07) is 9.87. The van der Waals surface area contributed by atoms with E-state index in [1.807, 2.05) is 37.3 Å². The molecule has 0 saturated heterocycles. The molecule has 0 saturated carbocycles. The first-order chi connectivity index (χ1) is 10.0. The summed E-state index contributed by atoms with van der Waals surface area (Å²) < 4.78 is 1.00. The monoisotopic (exact) mass is 345 g/mol. The van der Waals surface area contributed by atoms with Crippen molar-refractivity contribution >= 4 is 44.6 Å². The smallest absolute Gasteiger partial charge is 0.224 e. The largest absolute Gasteiger partial charge is 0.397 e. The topological polar surface area (TPSA) is 67.1 Å². The summed E-state index contributed by atoms with van der Waals surface area (Å²) in [5.41, 5.74) is 11.7. The number of carbonyl (C=O) groups is 1. The third kappa shape index (κ3) is 2.88. The lowest BCUT2D eigenvalue weighted by Gasteiger charge is -2.20. The van der Waals surface area contributed by atoms with Gasteiger partial charge in [-0.05, 0) is 48.7 Å². The molecule has 0 atom stereocenters. The molecule has 0 fully saturated rings. The molecule has 1 amide bonds. The summed E-state index contributed by atoms with van der Waals surface area (Å²) in [6.07, 6.45) is 1.26. The minimum Gasteiger partial charge on any atom is -0.397 e. The van der Waals surface area contributed by atoms with Crippen LogP contribution >= 0.6 is 15.9 Å². The van der Waals surface area contributed by atoms with E-state index in [0.29, 0.717) is 12.1 Å². The van der Waals surface area contributed by atoms with E-state index in [0.717, 1.165) is 39.1 Å². The highest BCUT2D eigenvalue weighted by atomic mass is 79.9. The molecule has 5 heteroatoms. The molecule has 3 rings (SSSR count). The van der Waals surface area contributed by atoms with E-state index in [9.17, 15) is 4.79 Å². The molecule has 2 aromatic carbocycles. The predicted molar refractivity (Wildman–Crippen MR) is 90.0 cm³/mol. The average Bonchev–Trinajstić information content (AvgIpc) is 2.44. The molecule has 0 bridgehead atoms. The minimum atomic E-state index is 0.0526. The second-order valence-electron chi connectivity index (χ2n) is 5.23. The first-order valence-electron chi connectivity index (χ1n) is 6.78. The van der Waals surface area contributed by atoms with E-state index in [2.05, 4.69) is 26.6 Å². The van der Waals surface area contributed by atoms with Gasteiger partial charge in [0, 0.05) is 22.3 Å². The standard InChI is InChI=1S/C16H16BrN3O/c1-9-2-4-11(17)7-13(9)19-15-8-14-10(6-12(15)18)3-5-16(21)20-14/h2,4,6-8,19H,3,5,18H2,1H3,(H,20,21). The van der Waals surface area contributed by atoms with Crippen LogP contribution in [0.15, 0.2) is 34.8 Å². The Balaban J connectivity index is 1.97. The maximum Gasteiger partial charge on any atom is 0.224 e. The number of hydrogen-bond acceptors (Lipinski definition) is 3. The van der Waals surface area contributed by atoms with E-state index in [1.54, 1.807) is 0 Å². The van der Waals surface area contributed by atoms with Gasteiger partial charge in [0.2, 0.25) is 5.91 Å². The minimum absolute atomic E-state index is 0.0526. The van der Waals surface area contributed by atoms with Gasteiger partial charge in [-0.25, -0.2) is 0 Å². The number of anilines is 4. The number of halogens is 1. The summed E-state index contributed by atoms with van der Waals surface area (Å²) in [4.78, 5) is 11.5. The molecule has 0 aromatic heterocycles. The van der Waals surface area contributed by atoms with E-state index in [1.165, 1.54) is 0 Å². The lowest BCUT2D eigenvalue weighted by atomic mass is 10.0. The van der Waals surface area contributed by atoms with Gasteiger partial charge >= 0.3 is 0 Å². The third-order valence-corrected chi connectivity index (χ3v) is 4.13. The molecule has 4 N–H and O–H groups in total. The molecular formula is C16H16BrN3O. The highest BCUT2D eigenvalue weighted by Crippen LogP contribution is 2.34. The number of nitrogen functional groups attached to an aromatic ring is 1. The van der Waals surface area contributed by atoms with Crippen LogP contribution < -0.4 is 16.4 Å². The van der Waals surface area contributed by atoms with Crippen LogP contribution in [-0.2, 0) is 11.2 Å². The number of fused-ring (bicyclic) bond motifs is 1. The van der Waals surface area contributed by atoms with Crippen molar-refractivity contribution in [3.05, 3.63) is 45.9 Å². The first kappa shape index (κ1) is 13.9. The van der Waals surface area contributed by atoms with Gasteiger partial charge in [0.25, 0.3) is 0 Å². The fourth-order valence-electron chi connectivity index (χ4n) is 2.43. The van der Waals surface area contributed by atoms with Crippen molar-refractivity contribution in [2.45, 2.75) is 19.8 Å². The van der Waals surface area contributed by atoms with Crippen molar-refractivity contribution in [2.24, 2.45) is 0 Å². The van der Waals surface area contributed by atoms with Gasteiger partial charge in [0.1, 0.15) is 0 Å². The van der Waals surface area contributed by atoms with Crippen LogP contribution in [0.5, 0.6) is 0 Å². The van der Waals surface area contributed by atoms with Crippen LogP contribution in [0.3, 0.4) is 0 Å². The van der Waals surface area contributed by atoms with Gasteiger partial charge in [-0.15, -0.1) is 0 Å². The van der Waals surface area contributed by atoms with Gasteiger partial charge in [-0.1, -0.05) is 22.0 Å². The Labute approximate surface area is 131 Å². The fourth-order valence-corrected chi connectivity index (χ4v) is 2.79. The van der Waals surface area contributed by atoms with Gasteiger partial charge in [0.05, 0.1) is 11.4 Å². The molecule has 1 aliphatic rings. The predicted octanol–water partition coefficient (Wildman–Crippen LogP) is 3.97. The van der Waals surface area contributed by atoms with E-state index >= 15 is 0 Å². The number of nitrogens with two attached hydrogens (primary N) is 1. The lowest BCUT2D eigenvalue weighted by molar-refractivity contribution is -0.116. The molecule has 0 unspecified atom stereocenters. The van der Waals surface area contributed by atoms with Gasteiger partial charge in [0.15, 0.2) is 0 Å². The van der Waals surface area contributed by atoms with Gasteiger partial charge < -0.3 is 16.4 Å². The van der Waals surface area contributed by atoms with Crippen molar-refractivity contribution in [3.63, 3.8) is 0 Å². The normalized spacial score (nSPS) is 13.5. The zero-order valence-corrected chi connectivity index (χ0v) is 13.3. The summed E-state index contributed by atoms with van der Waals surface area (Å²) in [6.45, 7) is 2.03. The van der Waals surface area contributed by atoms with Gasteiger partial charge in [-0.2, -0.15) is 0 Å². The number of hydrogen-bond donors (Lipinski definition) is 3. The fraction of sp³-hybridized carbons (Fsp3) is 0.188. The first-order valence-corrected chi connectivity index (χ1v) is 7.57. The van der Waals surface area contributed by atoms with E-state index in [-0.39, 0.29) is 5.91 Å². The second kappa shape index (κ2) is 5.41. The molecule has 2 aromatic rings. The van der Waals surface area contributed by atoms with E-state index < -0.39 is 0 Å². The maximum absolute atomic E-state index is 11.5. The molecule has 21 heavy (non-hydrogen) atoms. The van der Waals surface area contributed by atoms with Crippen LogP contribution in [0.1, 0.15) is 17.5 Å². The zero-order valence-electron chi connectivity index (χ0n) is 11.7. The number of carbonyl (C=O) groups excluding carboxylic acids is 1. The molecule has 0 radical (unpaired) electrons. The number of benzene rings is 2. The SMILES string of the molecule is Cc1ccc(Br)cc1Nc1cc2c(cc1N)CCC(=O)N2. The Hall–Kier alpha value is -2.01.